The quantitative estimate of drug-likeness (QED) is 0.916. The first-order chi connectivity index (χ1) is 9.41. The molecule has 1 N–H and O–H groups in total. The van der Waals surface area contributed by atoms with Crippen molar-refractivity contribution in [1.82, 2.24) is 19.7 Å². The van der Waals surface area contributed by atoms with Gasteiger partial charge in [-0.05, 0) is 20.8 Å². The molecule has 0 radical (unpaired) electrons. The summed E-state index contributed by atoms with van der Waals surface area (Å²) in [6.07, 6.45) is 1.58. The van der Waals surface area contributed by atoms with E-state index in [9.17, 15) is 8.42 Å². The van der Waals surface area contributed by atoms with Crippen molar-refractivity contribution in [3.05, 3.63) is 28.9 Å². The highest BCUT2D eigenvalue weighted by atomic mass is 32.2. The van der Waals surface area contributed by atoms with Crippen molar-refractivity contribution in [3.63, 3.8) is 0 Å². The van der Waals surface area contributed by atoms with E-state index in [0.29, 0.717) is 24.5 Å². The normalized spacial score (nSPS) is 17.4. The van der Waals surface area contributed by atoms with Crippen LogP contribution in [0, 0.1) is 20.8 Å². The van der Waals surface area contributed by atoms with Crippen LogP contribution in [0.4, 0.5) is 0 Å². The minimum Gasteiger partial charge on any atom is -0.364 e. The molecule has 0 unspecified atom stereocenters. The maximum absolute atomic E-state index is 12.5. The van der Waals surface area contributed by atoms with Gasteiger partial charge in [0.2, 0.25) is 10.0 Å². The molecule has 0 aliphatic carbocycles. The fourth-order valence-corrected chi connectivity index (χ4v) is 4.41. The minimum absolute atomic E-state index is 0.107. The van der Waals surface area contributed by atoms with Crippen molar-refractivity contribution in [1.29, 1.82) is 0 Å². The van der Waals surface area contributed by atoms with Gasteiger partial charge in [0.05, 0.1) is 17.1 Å². The van der Waals surface area contributed by atoms with Crippen molar-refractivity contribution < 1.29 is 12.9 Å². The van der Waals surface area contributed by atoms with E-state index < -0.39 is 10.0 Å². The Morgan fingerprint density at radius 3 is 2.55 bits per heavy atom. The Labute approximate surface area is 117 Å². The van der Waals surface area contributed by atoms with E-state index in [1.807, 2.05) is 6.92 Å². The number of sulfonamides is 1. The average Bonchev–Trinajstić information content (AvgIpc) is 2.84. The van der Waals surface area contributed by atoms with Gasteiger partial charge in [-0.15, -0.1) is 0 Å². The van der Waals surface area contributed by atoms with Gasteiger partial charge in [0.1, 0.15) is 11.2 Å². The van der Waals surface area contributed by atoms with Gasteiger partial charge < -0.3 is 4.52 Å². The first kappa shape index (κ1) is 13.3. The zero-order valence-corrected chi connectivity index (χ0v) is 12.4. The van der Waals surface area contributed by atoms with Crippen molar-refractivity contribution in [3.8, 4) is 0 Å². The van der Waals surface area contributed by atoms with E-state index in [4.69, 9.17) is 4.52 Å². The largest absolute Gasteiger partial charge is 0.364 e. The molecule has 0 amide bonds. The maximum atomic E-state index is 12.5. The highest BCUT2D eigenvalue weighted by Gasteiger charge is 2.41. The average molecular weight is 296 g/mol. The summed E-state index contributed by atoms with van der Waals surface area (Å²) in [5.41, 5.74) is 2.88. The summed E-state index contributed by atoms with van der Waals surface area (Å²) in [6.45, 7) is 6.17. The summed E-state index contributed by atoms with van der Waals surface area (Å²) in [5.74, 6) is 0.107. The van der Waals surface area contributed by atoms with Crippen LogP contribution in [0.3, 0.4) is 0 Å². The smallest absolute Gasteiger partial charge is 0.246 e. The van der Waals surface area contributed by atoms with Crippen LogP contribution in [-0.2, 0) is 10.0 Å². The molecule has 1 saturated heterocycles. The van der Waals surface area contributed by atoms with Gasteiger partial charge in [-0.3, -0.25) is 5.10 Å². The molecule has 8 heteroatoms. The molecule has 2 aromatic rings. The first-order valence-electron chi connectivity index (χ1n) is 6.34. The van der Waals surface area contributed by atoms with Crippen LogP contribution in [-0.4, -0.2) is 41.2 Å². The molecule has 2 aromatic heterocycles. The van der Waals surface area contributed by atoms with Gasteiger partial charge in [-0.1, -0.05) is 5.16 Å². The summed E-state index contributed by atoms with van der Waals surface area (Å²) in [6, 6.07) is 0. The molecule has 1 aliphatic rings. The third-order valence-corrected chi connectivity index (χ3v) is 5.77. The second kappa shape index (κ2) is 4.42. The molecule has 3 heterocycles. The van der Waals surface area contributed by atoms with Crippen molar-refractivity contribution in [2.24, 2.45) is 0 Å². The fourth-order valence-electron chi connectivity index (χ4n) is 2.55. The van der Waals surface area contributed by atoms with Gasteiger partial charge >= 0.3 is 0 Å². The van der Waals surface area contributed by atoms with Gasteiger partial charge in [-0.25, -0.2) is 8.42 Å². The van der Waals surface area contributed by atoms with Gasteiger partial charge in [0, 0.05) is 24.6 Å². The van der Waals surface area contributed by atoms with Crippen molar-refractivity contribution >= 4 is 10.0 Å². The third-order valence-electron chi connectivity index (χ3n) is 3.68. The Kier molecular flexibility index (Phi) is 2.94. The van der Waals surface area contributed by atoms with Crippen LogP contribution in [0.5, 0.6) is 0 Å². The standard InChI is InChI=1S/C12H16N4O3S/c1-7-6-19-15-11(7)10-4-16(5-10)20(17,18)12-8(2)13-14-9(12)3/h6,10H,4-5H2,1-3H3,(H,13,14). The second-order valence-electron chi connectivity index (χ2n) is 5.16. The molecule has 20 heavy (non-hydrogen) atoms. The summed E-state index contributed by atoms with van der Waals surface area (Å²) >= 11 is 0. The topological polar surface area (TPSA) is 92.1 Å². The molecule has 108 valence electrons. The number of aryl methyl sites for hydroxylation is 3. The predicted octanol–water partition coefficient (Wildman–Crippen LogP) is 1.11. The predicted molar refractivity (Wildman–Crippen MR) is 70.8 cm³/mol. The first-order valence-corrected chi connectivity index (χ1v) is 7.78. The Morgan fingerprint density at radius 1 is 1.35 bits per heavy atom. The number of hydrogen-bond donors (Lipinski definition) is 1. The van der Waals surface area contributed by atoms with Gasteiger partial charge in [0.15, 0.2) is 0 Å². The van der Waals surface area contributed by atoms with Gasteiger partial charge in [0.25, 0.3) is 0 Å². The molecule has 0 bridgehead atoms. The number of hydrogen-bond acceptors (Lipinski definition) is 5. The molecule has 0 atom stereocenters. The van der Waals surface area contributed by atoms with E-state index in [-0.39, 0.29) is 10.8 Å². The number of rotatable bonds is 3. The van der Waals surface area contributed by atoms with Crippen LogP contribution in [0.1, 0.15) is 28.6 Å². The number of nitrogens with zero attached hydrogens (tertiary/aromatic N) is 3. The van der Waals surface area contributed by atoms with E-state index in [2.05, 4.69) is 15.4 Å². The Hall–Kier alpha value is -1.67. The number of aromatic nitrogens is 3. The van der Waals surface area contributed by atoms with Crippen LogP contribution in [0.25, 0.3) is 0 Å². The zero-order valence-electron chi connectivity index (χ0n) is 11.5. The van der Waals surface area contributed by atoms with Crippen molar-refractivity contribution in [2.75, 3.05) is 13.1 Å². The maximum Gasteiger partial charge on any atom is 0.246 e. The number of H-pyrrole nitrogens is 1. The number of aromatic amines is 1. The molecule has 1 fully saturated rings. The van der Waals surface area contributed by atoms with E-state index >= 15 is 0 Å². The zero-order chi connectivity index (χ0) is 14.5. The SMILES string of the molecule is Cc1conc1C1CN(S(=O)(=O)c2c(C)n[nH]c2C)C1. The Balaban J connectivity index is 1.82. The van der Waals surface area contributed by atoms with Gasteiger partial charge in [-0.2, -0.15) is 9.40 Å². The second-order valence-corrected chi connectivity index (χ2v) is 7.04. The fraction of sp³-hybridized carbons (Fsp3) is 0.500. The summed E-state index contributed by atoms with van der Waals surface area (Å²) in [5, 5.41) is 10.6. The molecule has 0 saturated carbocycles. The number of nitrogens with one attached hydrogen (secondary N) is 1. The van der Waals surface area contributed by atoms with E-state index in [0.717, 1.165) is 11.3 Å². The molecule has 0 aromatic carbocycles. The van der Waals surface area contributed by atoms with Crippen LogP contribution >= 0.6 is 0 Å². The highest BCUT2D eigenvalue weighted by molar-refractivity contribution is 7.89. The lowest BCUT2D eigenvalue weighted by Gasteiger charge is -2.37. The minimum atomic E-state index is -3.48. The monoisotopic (exact) mass is 296 g/mol. The summed E-state index contributed by atoms with van der Waals surface area (Å²) in [4.78, 5) is 0.285. The van der Waals surface area contributed by atoms with Crippen molar-refractivity contribution in [2.45, 2.75) is 31.6 Å². The Morgan fingerprint density at radius 2 is 2.05 bits per heavy atom. The van der Waals surface area contributed by atoms with E-state index in [1.54, 1.807) is 20.1 Å². The highest BCUT2D eigenvalue weighted by Crippen LogP contribution is 2.33. The molecular formula is C12H16N4O3S. The molecule has 7 nitrogen and oxygen atoms in total. The lowest BCUT2D eigenvalue weighted by Crippen LogP contribution is -2.48. The Bertz CT molecular complexity index is 721. The molecular weight excluding hydrogens is 280 g/mol. The van der Waals surface area contributed by atoms with Crippen LogP contribution in [0.15, 0.2) is 15.7 Å². The lowest BCUT2D eigenvalue weighted by molar-refractivity contribution is 0.252. The molecule has 3 rings (SSSR count). The van der Waals surface area contributed by atoms with Crippen LogP contribution < -0.4 is 0 Å². The third kappa shape index (κ3) is 1.87. The summed E-state index contributed by atoms with van der Waals surface area (Å²) in [7, 11) is -3.48. The lowest BCUT2D eigenvalue weighted by atomic mass is 9.97. The molecule has 0 spiro atoms. The van der Waals surface area contributed by atoms with Crippen LogP contribution in [0.2, 0.25) is 0 Å². The summed E-state index contributed by atoms with van der Waals surface area (Å²) < 4.78 is 31.4. The van der Waals surface area contributed by atoms with E-state index in [1.165, 1.54) is 4.31 Å². The molecule has 1 aliphatic heterocycles.